The minimum atomic E-state index is -0.136. The molecule has 0 radical (unpaired) electrons. The highest BCUT2D eigenvalue weighted by Gasteiger charge is 2.16. The van der Waals surface area contributed by atoms with E-state index >= 15 is 0 Å². The molecular weight excluding hydrogens is 354 g/mol. The van der Waals surface area contributed by atoms with Crippen LogP contribution in [0.25, 0.3) is 0 Å². The van der Waals surface area contributed by atoms with Crippen molar-refractivity contribution < 1.29 is 9.53 Å². The molecule has 0 aliphatic carbocycles. The Morgan fingerprint density at radius 2 is 2.29 bits per heavy atom. The fourth-order valence-corrected chi connectivity index (χ4v) is 2.91. The van der Waals surface area contributed by atoms with Gasteiger partial charge in [-0.25, -0.2) is 0 Å². The average Bonchev–Trinajstić information content (AvgIpc) is 2.84. The highest BCUT2D eigenvalue weighted by Crippen LogP contribution is 2.23. The van der Waals surface area contributed by atoms with Gasteiger partial charge in [0.15, 0.2) is 0 Å². The Bertz CT molecular complexity index is 630. The number of aromatic nitrogens is 1. The molecule has 0 aliphatic rings. The van der Waals surface area contributed by atoms with Gasteiger partial charge in [-0.2, -0.15) is 4.37 Å². The molecule has 5 nitrogen and oxygen atoms in total. The highest BCUT2D eigenvalue weighted by atomic mass is 79.9. The van der Waals surface area contributed by atoms with Crippen LogP contribution >= 0.6 is 27.5 Å². The van der Waals surface area contributed by atoms with E-state index in [-0.39, 0.29) is 5.91 Å². The van der Waals surface area contributed by atoms with Gasteiger partial charge in [0.05, 0.1) is 17.8 Å². The molecule has 112 valence electrons. The van der Waals surface area contributed by atoms with Crippen molar-refractivity contribution in [3.63, 3.8) is 0 Å². The Morgan fingerprint density at radius 3 is 3.00 bits per heavy atom. The Hall–Kier alpha value is -1.60. The second-order valence-electron chi connectivity index (χ2n) is 4.28. The van der Waals surface area contributed by atoms with Crippen molar-refractivity contribution in [3.8, 4) is 5.75 Å². The summed E-state index contributed by atoms with van der Waals surface area (Å²) >= 11 is 4.67. The van der Waals surface area contributed by atoms with Crippen LogP contribution in [0.4, 0.5) is 5.00 Å². The van der Waals surface area contributed by atoms with Gasteiger partial charge in [0.25, 0.3) is 5.91 Å². The maximum Gasteiger partial charge on any atom is 0.256 e. The molecular formula is C14H16BrN3O2S. The lowest BCUT2D eigenvalue weighted by Crippen LogP contribution is -2.28. The monoisotopic (exact) mass is 369 g/mol. The zero-order chi connectivity index (χ0) is 15.2. The minimum absolute atomic E-state index is 0.136. The number of nitrogens with zero attached hydrogens (tertiary/aromatic N) is 1. The Morgan fingerprint density at radius 1 is 1.48 bits per heavy atom. The van der Waals surface area contributed by atoms with Crippen molar-refractivity contribution >= 4 is 38.4 Å². The van der Waals surface area contributed by atoms with E-state index in [9.17, 15) is 4.79 Å². The van der Waals surface area contributed by atoms with Gasteiger partial charge in [0.2, 0.25) is 0 Å². The van der Waals surface area contributed by atoms with Crippen LogP contribution in [0.2, 0.25) is 0 Å². The first-order valence-corrected chi connectivity index (χ1v) is 7.99. The number of hydrogen-bond donors (Lipinski definition) is 2. The van der Waals surface area contributed by atoms with Crippen LogP contribution in [0, 0.1) is 6.92 Å². The largest absolute Gasteiger partial charge is 0.492 e. The molecule has 2 aromatic rings. The molecule has 0 bridgehead atoms. The number of ether oxygens (including phenoxy) is 1. The summed E-state index contributed by atoms with van der Waals surface area (Å²) in [6.07, 6.45) is 0. The van der Waals surface area contributed by atoms with Gasteiger partial charge >= 0.3 is 0 Å². The molecule has 0 saturated carbocycles. The third-order valence-electron chi connectivity index (χ3n) is 2.77. The second-order valence-corrected chi connectivity index (χ2v) is 5.97. The van der Waals surface area contributed by atoms with Crippen molar-refractivity contribution in [3.05, 3.63) is 40.0 Å². The number of rotatable bonds is 6. The molecule has 0 atom stereocenters. The Kier molecular flexibility index (Phi) is 5.58. The van der Waals surface area contributed by atoms with Crippen molar-refractivity contribution in [2.45, 2.75) is 6.92 Å². The highest BCUT2D eigenvalue weighted by molar-refractivity contribution is 9.10. The minimum Gasteiger partial charge on any atom is -0.492 e. The number of hydrogen-bond acceptors (Lipinski definition) is 5. The first kappa shape index (κ1) is 15.8. The number of carbonyl (C=O) groups excluding carboxylic acids is 1. The molecule has 1 aromatic heterocycles. The summed E-state index contributed by atoms with van der Waals surface area (Å²) < 4.78 is 10.7. The van der Waals surface area contributed by atoms with E-state index in [0.717, 1.165) is 20.9 Å². The van der Waals surface area contributed by atoms with Gasteiger partial charge in [-0.05, 0) is 36.7 Å². The van der Waals surface area contributed by atoms with E-state index in [0.29, 0.717) is 18.7 Å². The van der Waals surface area contributed by atoms with E-state index < -0.39 is 0 Å². The van der Waals surface area contributed by atoms with Gasteiger partial charge in [-0.1, -0.05) is 22.0 Å². The first-order chi connectivity index (χ1) is 10.1. The fraction of sp³-hybridized carbons (Fsp3) is 0.286. The molecule has 0 spiro atoms. The molecule has 0 unspecified atom stereocenters. The van der Waals surface area contributed by atoms with Crippen LogP contribution < -0.4 is 15.4 Å². The van der Waals surface area contributed by atoms with E-state index in [1.54, 1.807) is 7.05 Å². The summed E-state index contributed by atoms with van der Waals surface area (Å²) in [6, 6.07) is 7.59. The van der Waals surface area contributed by atoms with Gasteiger partial charge < -0.3 is 15.4 Å². The van der Waals surface area contributed by atoms with Crippen LogP contribution in [0.1, 0.15) is 16.1 Å². The van der Waals surface area contributed by atoms with Gasteiger partial charge in [-0.15, -0.1) is 0 Å². The lowest BCUT2D eigenvalue weighted by atomic mass is 10.2. The number of benzene rings is 1. The zero-order valence-corrected chi connectivity index (χ0v) is 14.2. The SMILES string of the molecule is CNc1snc(C)c1C(=O)NCCOc1cccc(Br)c1. The zero-order valence-electron chi connectivity index (χ0n) is 11.8. The molecule has 7 heteroatoms. The van der Waals surface area contributed by atoms with Crippen molar-refractivity contribution in [1.82, 2.24) is 9.69 Å². The second kappa shape index (κ2) is 7.42. The topological polar surface area (TPSA) is 63.2 Å². The smallest absolute Gasteiger partial charge is 0.256 e. The number of anilines is 1. The van der Waals surface area contributed by atoms with Gasteiger partial charge in [0, 0.05) is 11.5 Å². The lowest BCUT2D eigenvalue weighted by molar-refractivity contribution is 0.0947. The van der Waals surface area contributed by atoms with Crippen molar-refractivity contribution in [1.29, 1.82) is 0 Å². The van der Waals surface area contributed by atoms with E-state index in [1.165, 1.54) is 11.5 Å². The summed E-state index contributed by atoms with van der Waals surface area (Å²) in [7, 11) is 1.78. The number of halogens is 1. The van der Waals surface area contributed by atoms with Crippen molar-refractivity contribution in [2.75, 3.05) is 25.5 Å². The van der Waals surface area contributed by atoms with Crippen LogP contribution in [-0.4, -0.2) is 30.5 Å². The maximum absolute atomic E-state index is 12.1. The summed E-state index contributed by atoms with van der Waals surface area (Å²) in [5, 5.41) is 6.59. The van der Waals surface area contributed by atoms with Crippen LogP contribution in [0.5, 0.6) is 5.75 Å². The number of aryl methyl sites for hydroxylation is 1. The first-order valence-electron chi connectivity index (χ1n) is 6.42. The summed E-state index contributed by atoms with van der Waals surface area (Å²) in [5.41, 5.74) is 1.33. The van der Waals surface area contributed by atoms with Crippen LogP contribution in [-0.2, 0) is 0 Å². The van der Waals surface area contributed by atoms with E-state index in [2.05, 4.69) is 30.9 Å². The molecule has 1 amide bonds. The molecule has 2 rings (SSSR count). The number of carbonyl (C=O) groups is 1. The van der Waals surface area contributed by atoms with E-state index in [1.807, 2.05) is 31.2 Å². The normalized spacial score (nSPS) is 10.2. The third-order valence-corrected chi connectivity index (χ3v) is 4.22. The molecule has 0 aliphatic heterocycles. The van der Waals surface area contributed by atoms with Crippen molar-refractivity contribution in [2.24, 2.45) is 0 Å². The predicted octanol–water partition coefficient (Wildman–Crippen LogP) is 3.06. The Balaban J connectivity index is 1.83. The molecule has 0 fully saturated rings. The third kappa shape index (κ3) is 4.18. The number of nitrogens with one attached hydrogen (secondary N) is 2. The molecule has 0 saturated heterocycles. The predicted molar refractivity (Wildman–Crippen MR) is 88.4 cm³/mol. The van der Waals surface area contributed by atoms with Gasteiger partial charge in [-0.3, -0.25) is 4.79 Å². The number of amides is 1. The summed E-state index contributed by atoms with van der Waals surface area (Å²) in [6.45, 7) is 2.67. The summed E-state index contributed by atoms with van der Waals surface area (Å²) in [5.74, 6) is 0.631. The average molecular weight is 370 g/mol. The molecule has 1 aromatic carbocycles. The molecule has 21 heavy (non-hydrogen) atoms. The van der Waals surface area contributed by atoms with Crippen LogP contribution in [0.15, 0.2) is 28.7 Å². The fourth-order valence-electron chi connectivity index (χ4n) is 1.79. The summed E-state index contributed by atoms with van der Waals surface area (Å²) in [4.78, 5) is 12.1. The molecule has 1 heterocycles. The standard InChI is InChI=1S/C14H16BrN3O2S/c1-9-12(14(16-2)21-18-9)13(19)17-6-7-20-11-5-3-4-10(15)8-11/h3-5,8,16H,6-7H2,1-2H3,(H,17,19). The lowest BCUT2D eigenvalue weighted by Gasteiger charge is -2.08. The van der Waals surface area contributed by atoms with Crippen LogP contribution in [0.3, 0.4) is 0 Å². The van der Waals surface area contributed by atoms with Gasteiger partial charge in [0.1, 0.15) is 17.4 Å². The Labute approximate surface area is 136 Å². The quantitative estimate of drug-likeness (QED) is 0.768. The molecule has 2 N–H and O–H groups in total. The van der Waals surface area contributed by atoms with E-state index in [4.69, 9.17) is 4.74 Å². The maximum atomic E-state index is 12.1.